The molecule has 1 heterocycles. The van der Waals surface area contributed by atoms with Crippen LogP contribution in [0.4, 0.5) is 5.69 Å². The number of methoxy groups -OCH3 is 2. The highest BCUT2D eigenvalue weighted by molar-refractivity contribution is 5.95. The number of nitrogens with one attached hydrogen (secondary N) is 1. The Hall–Kier alpha value is -2.69. The molecular formula is C20H24N2O3. The van der Waals surface area contributed by atoms with Crippen molar-refractivity contribution in [3.63, 3.8) is 0 Å². The predicted octanol–water partition coefficient (Wildman–Crippen LogP) is 3.23. The van der Waals surface area contributed by atoms with E-state index in [4.69, 9.17) is 9.47 Å². The standard InChI is InChI=1S/C20H24N2O3/c1-24-18-11-16(12-19(13-18)25-2)20(23)21-14-15-5-7-17(8-6-15)22-9-3-4-10-22/h5-8,11-13H,3-4,9-10,14H2,1-2H3,(H,21,23). The first-order chi connectivity index (χ1) is 12.2. The van der Waals surface area contributed by atoms with Crippen LogP contribution in [-0.4, -0.2) is 33.2 Å². The van der Waals surface area contributed by atoms with Crippen molar-refractivity contribution in [2.45, 2.75) is 19.4 Å². The van der Waals surface area contributed by atoms with Gasteiger partial charge in [0.15, 0.2) is 0 Å². The molecule has 1 aliphatic heterocycles. The van der Waals surface area contributed by atoms with Crippen molar-refractivity contribution in [3.05, 3.63) is 53.6 Å². The van der Waals surface area contributed by atoms with Crippen LogP contribution in [0.1, 0.15) is 28.8 Å². The van der Waals surface area contributed by atoms with Crippen molar-refractivity contribution in [3.8, 4) is 11.5 Å². The number of rotatable bonds is 6. The topological polar surface area (TPSA) is 50.8 Å². The zero-order valence-corrected chi connectivity index (χ0v) is 14.7. The first-order valence-electron chi connectivity index (χ1n) is 8.55. The molecule has 1 aliphatic rings. The molecule has 5 nitrogen and oxygen atoms in total. The van der Waals surface area contributed by atoms with Crippen LogP contribution in [0.25, 0.3) is 0 Å². The monoisotopic (exact) mass is 340 g/mol. The molecule has 0 spiro atoms. The number of ether oxygens (including phenoxy) is 2. The third-order valence-corrected chi connectivity index (χ3v) is 4.47. The Bertz CT molecular complexity index is 700. The summed E-state index contributed by atoms with van der Waals surface area (Å²) in [5.74, 6) is 1.04. The van der Waals surface area contributed by atoms with Gasteiger partial charge in [0, 0.05) is 37.0 Å². The molecule has 2 aromatic carbocycles. The smallest absolute Gasteiger partial charge is 0.251 e. The molecule has 5 heteroatoms. The lowest BCUT2D eigenvalue weighted by Crippen LogP contribution is -2.23. The lowest BCUT2D eigenvalue weighted by molar-refractivity contribution is 0.0950. The predicted molar refractivity (Wildman–Crippen MR) is 98.6 cm³/mol. The number of hydrogen-bond donors (Lipinski definition) is 1. The Morgan fingerprint density at radius 1 is 1.00 bits per heavy atom. The van der Waals surface area contributed by atoms with E-state index < -0.39 is 0 Å². The molecule has 0 atom stereocenters. The van der Waals surface area contributed by atoms with Crippen LogP contribution in [0.3, 0.4) is 0 Å². The van der Waals surface area contributed by atoms with Gasteiger partial charge in [0.2, 0.25) is 0 Å². The van der Waals surface area contributed by atoms with Gasteiger partial charge in [-0.1, -0.05) is 12.1 Å². The van der Waals surface area contributed by atoms with Crippen molar-refractivity contribution in [1.82, 2.24) is 5.32 Å². The number of amides is 1. The summed E-state index contributed by atoms with van der Waals surface area (Å²) in [6.07, 6.45) is 2.53. The average Bonchev–Trinajstić information content (AvgIpc) is 3.20. The summed E-state index contributed by atoms with van der Waals surface area (Å²) < 4.78 is 10.4. The van der Waals surface area contributed by atoms with Crippen molar-refractivity contribution >= 4 is 11.6 Å². The van der Waals surface area contributed by atoms with Crippen molar-refractivity contribution in [1.29, 1.82) is 0 Å². The van der Waals surface area contributed by atoms with Crippen molar-refractivity contribution in [2.75, 3.05) is 32.2 Å². The molecule has 25 heavy (non-hydrogen) atoms. The highest BCUT2D eigenvalue weighted by atomic mass is 16.5. The summed E-state index contributed by atoms with van der Waals surface area (Å²) in [6, 6.07) is 13.5. The van der Waals surface area contributed by atoms with Gasteiger partial charge >= 0.3 is 0 Å². The van der Waals surface area contributed by atoms with E-state index in [-0.39, 0.29) is 5.91 Å². The van der Waals surface area contributed by atoms with Gasteiger partial charge in [0.25, 0.3) is 5.91 Å². The lowest BCUT2D eigenvalue weighted by atomic mass is 10.1. The minimum atomic E-state index is -0.152. The maximum atomic E-state index is 12.4. The van der Waals surface area contributed by atoms with E-state index in [2.05, 4.69) is 34.5 Å². The average molecular weight is 340 g/mol. The van der Waals surface area contributed by atoms with Gasteiger partial charge in [-0.3, -0.25) is 4.79 Å². The minimum Gasteiger partial charge on any atom is -0.497 e. The van der Waals surface area contributed by atoms with E-state index in [1.807, 2.05) is 0 Å². The summed E-state index contributed by atoms with van der Waals surface area (Å²) in [5.41, 5.74) is 2.85. The number of carbonyl (C=O) groups is 1. The molecule has 0 saturated carbocycles. The highest BCUT2D eigenvalue weighted by Gasteiger charge is 2.12. The molecule has 1 fully saturated rings. The molecule has 3 rings (SSSR count). The fraction of sp³-hybridized carbons (Fsp3) is 0.350. The van der Waals surface area contributed by atoms with Gasteiger partial charge in [0.1, 0.15) is 11.5 Å². The van der Waals surface area contributed by atoms with Crippen molar-refractivity contribution in [2.24, 2.45) is 0 Å². The van der Waals surface area contributed by atoms with Crippen LogP contribution in [0, 0.1) is 0 Å². The Labute approximate surface area is 148 Å². The van der Waals surface area contributed by atoms with Crippen molar-refractivity contribution < 1.29 is 14.3 Å². The van der Waals surface area contributed by atoms with Crippen LogP contribution >= 0.6 is 0 Å². The Morgan fingerprint density at radius 3 is 2.16 bits per heavy atom. The molecule has 2 aromatic rings. The number of benzene rings is 2. The Balaban J connectivity index is 1.62. The summed E-state index contributed by atoms with van der Waals surface area (Å²) in [4.78, 5) is 14.8. The van der Waals surface area contributed by atoms with Crippen LogP contribution < -0.4 is 19.7 Å². The fourth-order valence-corrected chi connectivity index (χ4v) is 3.02. The first-order valence-corrected chi connectivity index (χ1v) is 8.55. The second-order valence-corrected chi connectivity index (χ2v) is 6.14. The van der Waals surface area contributed by atoms with Crippen LogP contribution in [0.2, 0.25) is 0 Å². The van der Waals surface area contributed by atoms with Gasteiger partial charge in [-0.05, 0) is 42.7 Å². The Kier molecular flexibility index (Phi) is 5.43. The first kappa shape index (κ1) is 17.1. The molecular weight excluding hydrogens is 316 g/mol. The van der Waals surface area contributed by atoms with E-state index in [9.17, 15) is 4.79 Å². The Morgan fingerprint density at radius 2 is 1.60 bits per heavy atom. The van der Waals surface area contributed by atoms with E-state index in [1.54, 1.807) is 32.4 Å². The molecule has 0 radical (unpaired) electrons. The maximum absolute atomic E-state index is 12.4. The summed E-state index contributed by atoms with van der Waals surface area (Å²) in [7, 11) is 3.14. The summed E-state index contributed by atoms with van der Waals surface area (Å²) in [5, 5.41) is 2.94. The molecule has 0 bridgehead atoms. The summed E-state index contributed by atoms with van der Waals surface area (Å²) >= 11 is 0. The van der Waals surface area contributed by atoms with Crippen LogP contribution in [0.15, 0.2) is 42.5 Å². The quantitative estimate of drug-likeness (QED) is 0.877. The highest BCUT2D eigenvalue weighted by Crippen LogP contribution is 2.23. The van der Waals surface area contributed by atoms with Gasteiger partial charge in [-0.15, -0.1) is 0 Å². The molecule has 1 N–H and O–H groups in total. The van der Waals surface area contributed by atoms with E-state index in [0.717, 1.165) is 18.7 Å². The largest absolute Gasteiger partial charge is 0.497 e. The molecule has 1 saturated heterocycles. The van der Waals surface area contributed by atoms with E-state index in [0.29, 0.717) is 23.6 Å². The number of carbonyl (C=O) groups excluding carboxylic acids is 1. The van der Waals surface area contributed by atoms with E-state index in [1.165, 1.54) is 18.5 Å². The normalized spacial score (nSPS) is 13.6. The molecule has 0 aromatic heterocycles. The third kappa shape index (κ3) is 4.24. The third-order valence-electron chi connectivity index (χ3n) is 4.47. The van der Waals surface area contributed by atoms with Gasteiger partial charge in [0.05, 0.1) is 14.2 Å². The number of anilines is 1. The van der Waals surface area contributed by atoms with Crippen LogP contribution in [0.5, 0.6) is 11.5 Å². The van der Waals surface area contributed by atoms with Crippen LogP contribution in [-0.2, 0) is 6.54 Å². The van der Waals surface area contributed by atoms with Gasteiger partial charge in [-0.25, -0.2) is 0 Å². The zero-order valence-electron chi connectivity index (χ0n) is 14.7. The van der Waals surface area contributed by atoms with Gasteiger partial charge < -0.3 is 19.7 Å². The fourth-order valence-electron chi connectivity index (χ4n) is 3.02. The van der Waals surface area contributed by atoms with Gasteiger partial charge in [-0.2, -0.15) is 0 Å². The second-order valence-electron chi connectivity index (χ2n) is 6.14. The minimum absolute atomic E-state index is 0.152. The lowest BCUT2D eigenvalue weighted by Gasteiger charge is -2.17. The molecule has 132 valence electrons. The second kappa shape index (κ2) is 7.92. The van der Waals surface area contributed by atoms with E-state index >= 15 is 0 Å². The maximum Gasteiger partial charge on any atom is 0.251 e. The number of hydrogen-bond acceptors (Lipinski definition) is 4. The molecule has 0 unspecified atom stereocenters. The molecule has 0 aliphatic carbocycles. The zero-order chi connectivity index (χ0) is 17.6. The molecule has 1 amide bonds. The summed E-state index contributed by atoms with van der Waals surface area (Å²) in [6.45, 7) is 2.75. The SMILES string of the molecule is COc1cc(OC)cc(C(=O)NCc2ccc(N3CCCC3)cc2)c1. The number of nitrogens with zero attached hydrogens (tertiary/aromatic N) is 1.